The fourth-order valence-electron chi connectivity index (χ4n) is 2.22. The lowest BCUT2D eigenvalue weighted by molar-refractivity contribution is -0.123. The predicted molar refractivity (Wildman–Crippen MR) is 80.2 cm³/mol. The maximum absolute atomic E-state index is 11.6. The zero-order valence-electron chi connectivity index (χ0n) is 11.6. The first kappa shape index (κ1) is 14.9. The Morgan fingerprint density at radius 3 is 2.90 bits per heavy atom. The van der Waals surface area contributed by atoms with E-state index in [0.717, 1.165) is 25.0 Å². The number of halogens is 1. The summed E-state index contributed by atoms with van der Waals surface area (Å²) >= 11 is 5.77. The Balaban J connectivity index is 1.75. The molecule has 0 aliphatic heterocycles. The van der Waals surface area contributed by atoms with Crippen molar-refractivity contribution < 1.29 is 9.53 Å². The standard InChI is InChI=1S/C15H19ClN2O2/c1-11-3-2-4-13(9-11)17-18-15(19)10-20-14-7-5-12(16)6-8-14/h5-8,11H,2-4,9-10H2,1H3,(H,18,19)/b17-13-/t11-/m1/s1. The summed E-state index contributed by atoms with van der Waals surface area (Å²) in [4.78, 5) is 11.6. The predicted octanol–water partition coefficient (Wildman–Crippen LogP) is 3.40. The van der Waals surface area contributed by atoms with Crippen LogP contribution in [0.5, 0.6) is 5.75 Å². The summed E-state index contributed by atoms with van der Waals surface area (Å²) < 4.78 is 5.34. The van der Waals surface area contributed by atoms with Gasteiger partial charge >= 0.3 is 0 Å². The number of rotatable bonds is 4. The number of carbonyl (C=O) groups is 1. The second kappa shape index (κ2) is 7.29. The van der Waals surface area contributed by atoms with E-state index >= 15 is 0 Å². The number of hydrazone groups is 1. The molecule has 0 heterocycles. The lowest BCUT2D eigenvalue weighted by Crippen LogP contribution is -2.26. The second-order valence-corrected chi connectivity index (χ2v) is 5.59. The van der Waals surface area contributed by atoms with Gasteiger partial charge in [0.1, 0.15) is 5.75 Å². The van der Waals surface area contributed by atoms with Gasteiger partial charge in [0.25, 0.3) is 5.91 Å². The molecular weight excluding hydrogens is 276 g/mol. The minimum atomic E-state index is -0.245. The molecule has 0 radical (unpaired) electrons. The zero-order valence-corrected chi connectivity index (χ0v) is 12.3. The Bertz CT molecular complexity index is 485. The third kappa shape index (κ3) is 4.85. The topological polar surface area (TPSA) is 50.7 Å². The maximum Gasteiger partial charge on any atom is 0.277 e. The molecule has 1 amide bonds. The molecule has 0 unspecified atom stereocenters. The monoisotopic (exact) mass is 294 g/mol. The summed E-state index contributed by atoms with van der Waals surface area (Å²) in [6.07, 6.45) is 4.34. The van der Waals surface area contributed by atoms with Gasteiger partial charge < -0.3 is 4.74 Å². The van der Waals surface area contributed by atoms with E-state index in [1.807, 2.05) is 0 Å². The summed E-state index contributed by atoms with van der Waals surface area (Å²) in [6, 6.07) is 6.89. The quantitative estimate of drug-likeness (QED) is 0.865. The Labute approximate surface area is 124 Å². The Morgan fingerprint density at radius 2 is 2.20 bits per heavy atom. The Kier molecular flexibility index (Phi) is 5.41. The molecule has 0 aromatic heterocycles. The molecule has 0 saturated heterocycles. The summed E-state index contributed by atoms with van der Waals surface area (Å²) in [7, 11) is 0. The van der Waals surface area contributed by atoms with E-state index in [0.29, 0.717) is 16.7 Å². The molecule has 4 nitrogen and oxygen atoms in total. The largest absolute Gasteiger partial charge is 0.484 e. The zero-order chi connectivity index (χ0) is 14.4. The number of hydrogen-bond acceptors (Lipinski definition) is 3. The lowest BCUT2D eigenvalue weighted by Gasteiger charge is -2.18. The number of carbonyl (C=O) groups excluding carboxylic acids is 1. The van der Waals surface area contributed by atoms with Crippen LogP contribution in [0.1, 0.15) is 32.6 Å². The first-order valence-electron chi connectivity index (χ1n) is 6.86. The van der Waals surface area contributed by atoms with Crippen molar-refractivity contribution >= 4 is 23.2 Å². The van der Waals surface area contributed by atoms with Gasteiger partial charge in [-0.25, -0.2) is 5.43 Å². The van der Waals surface area contributed by atoms with Crippen LogP contribution >= 0.6 is 11.6 Å². The van der Waals surface area contributed by atoms with Gasteiger partial charge in [0.2, 0.25) is 0 Å². The SMILES string of the molecule is C[C@@H]1CCC/C(=N/NC(=O)COc2ccc(Cl)cc2)C1. The van der Waals surface area contributed by atoms with Crippen LogP contribution in [0, 0.1) is 5.92 Å². The molecule has 1 aromatic carbocycles. The Morgan fingerprint density at radius 1 is 1.45 bits per heavy atom. The van der Waals surface area contributed by atoms with Gasteiger partial charge in [0.05, 0.1) is 0 Å². The van der Waals surface area contributed by atoms with Crippen LogP contribution in [0.25, 0.3) is 0 Å². The minimum absolute atomic E-state index is 0.0477. The molecule has 1 fully saturated rings. The highest BCUT2D eigenvalue weighted by Crippen LogP contribution is 2.20. The molecule has 108 valence electrons. The highest BCUT2D eigenvalue weighted by molar-refractivity contribution is 6.30. The van der Waals surface area contributed by atoms with Crippen LogP contribution in [0.2, 0.25) is 5.02 Å². The average Bonchev–Trinajstić information content (AvgIpc) is 2.45. The molecule has 5 heteroatoms. The number of amides is 1. The lowest BCUT2D eigenvalue weighted by atomic mass is 9.89. The average molecular weight is 295 g/mol. The number of benzene rings is 1. The van der Waals surface area contributed by atoms with Gasteiger partial charge in [0.15, 0.2) is 6.61 Å². The first-order valence-corrected chi connectivity index (χ1v) is 7.24. The molecule has 1 atom stereocenters. The molecule has 1 aliphatic rings. The van der Waals surface area contributed by atoms with E-state index in [4.69, 9.17) is 16.3 Å². The van der Waals surface area contributed by atoms with E-state index < -0.39 is 0 Å². The molecule has 2 rings (SSSR count). The minimum Gasteiger partial charge on any atom is -0.484 e. The van der Waals surface area contributed by atoms with E-state index in [1.165, 1.54) is 6.42 Å². The van der Waals surface area contributed by atoms with Crippen LogP contribution in [0.15, 0.2) is 29.4 Å². The van der Waals surface area contributed by atoms with E-state index in [2.05, 4.69) is 17.5 Å². The van der Waals surface area contributed by atoms with Crippen molar-refractivity contribution in [3.05, 3.63) is 29.3 Å². The normalized spacial score (nSPS) is 20.7. The maximum atomic E-state index is 11.6. The van der Waals surface area contributed by atoms with Gasteiger partial charge in [-0.2, -0.15) is 5.10 Å². The summed E-state index contributed by atoms with van der Waals surface area (Å²) in [5.41, 5.74) is 3.63. The van der Waals surface area contributed by atoms with Gasteiger partial charge in [-0.15, -0.1) is 0 Å². The van der Waals surface area contributed by atoms with Crippen LogP contribution in [-0.4, -0.2) is 18.2 Å². The van der Waals surface area contributed by atoms with Crippen molar-refractivity contribution in [2.24, 2.45) is 11.0 Å². The van der Waals surface area contributed by atoms with Gasteiger partial charge in [-0.05, 0) is 55.9 Å². The van der Waals surface area contributed by atoms with Crippen molar-refractivity contribution in [3.8, 4) is 5.75 Å². The molecule has 1 aromatic rings. The highest BCUT2D eigenvalue weighted by Gasteiger charge is 2.14. The van der Waals surface area contributed by atoms with E-state index in [1.54, 1.807) is 24.3 Å². The molecular formula is C15H19ClN2O2. The van der Waals surface area contributed by atoms with Crippen molar-refractivity contribution in [2.45, 2.75) is 32.6 Å². The third-order valence-electron chi connectivity index (χ3n) is 3.27. The van der Waals surface area contributed by atoms with E-state index in [-0.39, 0.29) is 12.5 Å². The summed E-state index contributed by atoms with van der Waals surface area (Å²) in [6.45, 7) is 2.16. The Hall–Kier alpha value is -1.55. The van der Waals surface area contributed by atoms with Crippen LogP contribution in [-0.2, 0) is 4.79 Å². The van der Waals surface area contributed by atoms with Crippen LogP contribution < -0.4 is 10.2 Å². The van der Waals surface area contributed by atoms with Crippen LogP contribution in [0.3, 0.4) is 0 Å². The summed E-state index contributed by atoms with van der Waals surface area (Å²) in [5.74, 6) is 1.03. The fraction of sp³-hybridized carbons (Fsp3) is 0.467. The molecule has 1 saturated carbocycles. The number of hydrogen-bond donors (Lipinski definition) is 1. The van der Waals surface area contributed by atoms with Crippen molar-refractivity contribution in [1.82, 2.24) is 5.43 Å². The molecule has 0 spiro atoms. The van der Waals surface area contributed by atoms with Gasteiger partial charge in [-0.1, -0.05) is 18.5 Å². The highest BCUT2D eigenvalue weighted by atomic mass is 35.5. The molecule has 1 N–H and O–H groups in total. The van der Waals surface area contributed by atoms with Gasteiger partial charge in [0, 0.05) is 10.7 Å². The molecule has 1 aliphatic carbocycles. The number of ether oxygens (including phenoxy) is 1. The van der Waals surface area contributed by atoms with Crippen molar-refractivity contribution in [3.63, 3.8) is 0 Å². The van der Waals surface area contributed by atoms with Gasteiger partial charge in [-0.3, -0.25) is 4.79 Å². The van der Waals surface area contributed by atoms with Crippen molar-refractivity contribution in [1.29, 1.82) is 0 Å². The first-order chi connectivity index (χ1) is 9.63. The smallest absolute Gasteiger partial charge is 0.277 e. The van der Waals surface area contributed by atoms with Crippen molar-refractivity contribution in [2.75, 3.05) is 6.61 Å². The van der Waals surface area contributed by atoms with Crippen LogP contribution in [0.4, 0.5) is 0 Å². The number of nitrogens with zero attached hydrogens (tertiary/aromatic N) is 1. The summed E-state index contributed by atoms with van der Waals surface area (Å²) in [5, 5.41) is 4.81. The molecule has 20 heavy (non-hydrogen) atoms. The third-order valence-corrected chi connectivity index (χ3v) is 3.52. The number of nitrogens with one attached hydrogen (secondary N) is 1. The molecule has 0 bridgehead atoms. The fourth-order valence-corrected chi connectivity index (χ4v) is 2.34. The van der Waals surface area contributed by atoms with E-state index in [9.17, 15) is 4.79 Å². The second-order valence-electron chi connectivity index (χ2n) is 5.16.